The lowest BCUT2D eigenvalue weighted by atomic mass is 9.76. The molecule has 206 valence electrons. The molecule has 2 aliphatic carbocycles. The SMILES string of the molecule is C1=CC=C(c2nc(-c3ccccc3)nc(-c3cccc4c3-c3c-4cccc3-n3c4ccccc4c4ccccc43)n2)CC=C1. The van der Waals surface area contributed by atoms with Crippen LogP contribution >= 0.6 is 0 Å². The van der Waals surface area contributed by atoms with Gasteiger partial charge < -0.3 is 4.57 Å². The predicted molar refractivity (Wildman–Crippen MR) is 180 cm³/mol. The zero-order valence-electron chi connectivity index (χ0n) is 23.9. The second-order valence-corrected chi connectivity index (χ2v) is 11.2. The van der Waals surface area contributed by atoms with Gasteiger partial charge in [0.25, 0.3) is 0 Å². The maximum absolute atomic E-state index is 5.13. The molecule has 0 saturated heterocycles. The molecular formula is C40H26N4. The van der Waals surface area contributed by atoms with Gasteiger partial charge in [0.15, 0.2) is 17.5 Å². The third-order valence-corrected chi connectivity index (χ3v) is 8.66. The van der Waals surface area contributed by atoms with Crippen LogP contribution in [0, 0.1) is 0 Å². The summed E-state index contributed by atoms with van der Waals surface area (Å²) in [5, 5.41) is 2.51. The zero-order valence-corrected chi connectivity index (χ0v) is 23.9. The largest absolute Gasteiger partial charge is 0.309 e. The smallest absolute Gasteiger partial charge is 0.164 e. The Labute approximate surface area is 255 Å². The van der Waals surface area contributed by atoms with E-state index in [-0.39, 0.29) is 0 Å². The Morgan fingerprint density at radius 3 is 1.91 bits per heavy atom. The molecule has 0 N–H and O–H groups in total. The molecule has 0 bridgehead atoms. The van der Waals surface area contributed by atoms with Gasteiger partial charge in [0, 0.05) is 38.6 Å². The van der Waals surface area contributed by atoms with Gasteiger partial charge in [0.1, 0.15) is 0 Å². The first kappa shape index (κ1) is 24.7. The number of rotatable bonds is 4. The molecule has 2 heterocycles. The molecule has 0 aliphatic heterocycles. The molecule has 4 nitrogen and oxygen atoms in total. The van der Waals surface area contributed by atoms with Crippen molar-refractivity contribution in [3.8, 4) is 50.7 Å². The van der Waals surface area contributed by atoms with Crippen LogP contribution < -0.4 is 0 Å². The number of allylic oxidation sites excluding steroid dienone is 6. The maximum Gasteiger partial charge on any atom is 0.164 e. The van der Waals surface area contributed by atoms with E-state index in [9.17, 15) is 0 Å². The predicted octanol–water partition coefficient (Wildman–Crippen LogP) is 9.85. The van der Waals surface area contributed by atoms with E-state index < -0.39 is 0 Å². The summed E-state index contributed by atoms with van der Waals surface area (Å²) >= 11 is 0. The summed E-state index contributed by atoms with van der Waals surface area (Å²) < 4.78 is 2.41. The first-order valence-electron chi connectivity index (χ1n) is 14.9. The lowest BCUT2D eigenvalue weighted by molar-refractivity contribution is 1.02. The summed E-state index contributed by atoms with van der Waals surface area (Å²) in [6.45, 7) is 0. The van der Waals surface area contributed by atoms with Gasteiger partial charge in [-0.05, 0) is 35.7 Å². The molecule has 0 unspecified atom stereocenters. The Hall–Kier alpha value is -5.87. The van der Waals surface area contributed by atoms with Gasteiger partial charge in [-0.25, -0.2) is 15.0 Å². The maximum atomic E-state index is 5.13. The number of hydrogen-bond acceptors (Lipinski definition) is 3. The number of benzene rings is 5. The van der Waals surface area contributed by atoms with Crippen molar-refractivity contribution in [3.05, 3.63) is 151 Å². The van der Waals surface area contributed by atoms with Crippen LogP contribution in [-0.4, -0.2) is 19.5 Å². The molecule has 2 aromatic heterocycles. The van der Waals surface area contributed by atoms with E-state index in [0.717, 1.165) is 23.1 Å². The van der Waals surface area contributed by atoms with Gasteiger partial charge in [-0.2, -0.15) is 0 Å². The zero-order chi connectivity index (χ0) is 29.0. The number of aromatic nitrogens is 4. The topological polar surface area (TPSA) is 43.6 Å². The van der Waals surface area contributed by atoms with Gasteiger partial charge in [-0.15, -0.1) is 0 Å². The summed E-state index contributed by atoms with van der Waals surface area (Å²) in [4.78, 5) is 15.2. The van der Waals surface area contributed by atoms with Crippen LogP contribution in [0.4, 0.5) is 0 Å². The summed E-state index contributed by atoms with van der Waals surface area (Å²) in [5.41, 5.74) is 11.5. The van der Waals surface area contributed by atoms with E-state index in [4.69, 9.17) is 15.0 Å². The number of fused-ring (bicyclic) bond motifs is 7. The van der Waals surface area contributed by atoms with Gasteiger partial charge >= 0.3 is 0 Å². The number of hydrogen-bond donors (Lipinski definition) is 0. The van der Waals surface area contributed by atoms with Gasteiger partial charge in [0.2, 0.25) is 0 Å². The molecule has 2 aliphatic rings. The summed E-state index contributed by atoms with van der Waals surface area (Å²) in [6, 6.07) is 40.6. The van der Waals surface area contributed by atoms with Crippen molar-refractivity contribution in [1.29, 1.82) is 0 Å². The number of para-hydroxylation sites is 2. The van der Waals surface area contributed by atoms with E-state index in [2.05, 4.69) is 120 Å². The van der Waals surface area contributed by atoms with Gasteiger partial charge in [-0.3, -0.25) is 0 Å². The van der Waals surface area contributed by atoms with E-state index in [1.54, 1.807) is 0 Å². The highest BCUT2D eigenvalue weighted by Gasteiger charge is 2.31. The Kier molecular flexibility index (Phi) is 5.53. The van der Waals surface area contributed by atoms with Gasteiger partial charge in [-0.1, -0.05) is 127 Å². The Morgan fingerprint density at radius 1 is 0.477 bits per heavy atom. The molecule has 4 heteroatoms. The highest BCUT2D eigenvalue weighted by atomic mass is 15.0. The lowest BCUT2D eigenvalue weighted by Gasteiger charge is -2.29. The second-order valence-electron chi connectivity index (χ2n) is 11.2. The fraction of sp³-hybridized carbons (Fsp3) is 0.0250. The molecule has 44 heavy (non-hydrogen) atoms. The van der Waals surface area contributed by atoms with E-state index in [1.807, 2.05) is 30.4 Å². The van der Waals surface area contributed by atoms with Crippen molar-refractivity contribution in [1.82, 2.24) is 19.5 Å². The van der Waals surface area contributed by atoms with Crippen LogP contribution in [0.25, 0.3) is 78.1 Å². The minimum absolute atomic E-state index is 0.677. The summed E-state index contributed by atoms with van der Waals surface area (Å²) in [5.74, 6) is 2.07. The average Bonchev–Trinajstić information content (AvgIpc) is 3.20. The fourth-order valence-corrected chi connectivity index (χ4v) is 6.67. The molecule has 5 aromatic carbocycles. The minimum atomic E-state index is 0.677. The molecule has 0 radical (unpaired) electrons. The lowest BCUT2D eigenvalue weighted by Crippen LogP contribution is -2.09. The number of nitrogens with zero attached hydrogens (tertiary/aromatic N) is 4. The molecule has 0 fully saturated rings. The first-order valence-corrected chi connectivity index (χ1v) is 14.9. The Bertz CT molecular complexity index is 2300. The summed E-state index contributed by atoms with van der Waals surface area (Å²) in [6.07, 6.45) is 11.2. The van der Waals surface area contributed by atoms with Crippen LogP contribution in [-0.2, 0) is 0 Å². The normalized spacial score (nSPS) is 13.3. The van der Waals surface area contributed by atoms with Crippen LogP contribution in [0.3, 0.4) is 0 Å². The highest BCUT2D eigenvalue weighted by molar-refractivity contribution is 6.14. The van der Waals surface area contributed by atoms with Crippen LogP contribution in [0.2, 0.25) is 0 Å². The molecular weight excluding hydrogens is 536 g/mol. The Balaban J connectivity index is 1.28. The molecule has 9 rings (SSSR count). The molecule has 0 saturated carbocycles. The van der Waals surface area contributed by atoms with Crippen molar-refractivity contribution >= 4 is 27.4 Å². The van der Waals surface area contributed by atoms with E-state index in [0.29, 0.717) is 17.5 Å². The minimum Gasteiger partial charge on any atom is -0.309 e. The molecule has 7 aromatic rings. The molecule has 0 amide bonds. The highest BCUT2D eigenvalue weighted by Crippen LogP contribution is 2.54. The van der Waals surface area contributed by atoms with Gasteiger partial charge in [0.05, 0.1) is 16.7 Å². The van der Waals surface area contributed by atoms with Crippen molar-refractivity contribution in [2.45, 2.75) is 6.42 Å². The third kappa shape index (κ3) is 3.74. The van der Waals surface area contributed by atoms with Crippen LogP contribution in [0.1, 0.15) is 12.2 Å². The monoisotopic (exact) mass is 562 g/mol. The van der Waals surface area contributed by atoms with Crippen LogP contribution in [0.15, 0.2) is 146 Å². The quantitative estimate of drug-likeness (QED) is 0.214. The molecule has 0 spiro atoms. The van der Waals surface area contributed by atoms with Crippen molar-refractivity contribution < 1.29 is 0 Å². The Morgan fingerprint density at radius 2 is 1.11 bits per heavy atom. The second kappa shape index (κ2) is 9.85. The molecule has 0 atom stereocenters. The van der Waals surface area contributed by atoms with Crippen molar-refractivity contribution in [2.24, 2.45) is 0 Å². The van der Waals surface area contributed by atoms with Crippen LogP contribution in [0.5, 0.6) is 0 Å². The van der Waals surface area contributed by atoms with E-state index in [1.165, 1.54) is 49.7 Å². The third-order valence-electron chi connectivity index (χ3n) is 8.66. The first-order chi connectivity index (χ1) is 21.8. The summed E-state index contributed by atoms with van der Waals surface area (Å²) in [7, 11) is 0. The standard InChI is InChI=1S/C40H26N4/c1-2-5-15-26(14-4-1)38-41-39(27-16-6-3-7-17-27)43-40(42-38)32-22-12-20-30-31-21-13-25-35(37(31)36(30)32)44-33-23-10-8-18-28(33)29-19-9-11-24-34(29)44/h1-14,16-25H,15H2. The average molecular weight is 563 g/mol. The van der Waals surface area contributed by atoms with Crippen molar-refractivity contribution in [3.63, 3.8) is 0 Å². The fourth-order valence-electron chi connectivity index (χ4n) is 6.67. The van der Waals surface area contributed by atoms with E-state index >= 15 is 0 Å². The van der Waals surface area contributed by atoms with Crippen molar-refractivity contribution in [2.75, 3.05) is 0 Å².